The summed E-state index contributed by atoms with van der Waals surface area (Å²) < 4.78 is 32.7. The van der Waals surface area contributed by atoms with E-state index in [9.17, 15) is 24.2 Å². The van der Waals surface area contributed by atoms with Gasteiger partial charge in [0.25, 0.3) is 0 Å². The van der Waals surface area contributed by atoms with Gasteiger partial charge in [0.1, 0.15) is 12.7 Å². The predicted octanol–water partition coefficient (Wildman–Crippen LogP) is 13.8. The second-order valence-electron chi connectivity index (χ2n) is 16.1. The second kappa shape index (κ2) is 47.1. The van der Waals surface area contributed by atoms with Gasteiger partial charge in [-0.25, -0.2) is 4.57 Å². The average molecular weight is 905 g/mol. The Labute approximate surface area is 383 Å². The Morgan fingerprint density at radius 3 is 1.38 bits per heavy atom. The van der Waals surface area contributed by atoms with E-state index in [1.807, 2.05) is 12.2 Å². The summed E-state index contributed by atoms with van der Waals surface area (Å²) in [7, 11) is -4.65. The molecule has 0 aromatic heterocycles. The van der Waals surface area contributed by atoms with Crippen LogP contribution in [0.1, 0.15) is 194 Å². The molecule has 1 unspecified atom stereocenters. The van der Waals surface area contributed by atoms with Crippen LogP contribution < -0.4 is 0 Å². The maximum atomic E-state index is 12.6. The van der Waals surface area contributed by atoms with Gasteiger partial charge in [0.2, 0.25) is 0 Å². The van der Waals surface area contributed by atoms with Gasteiger partial charge in [-0.1, -0.05) is 189 Å². The third kappa shape index (κ3) is 46.9. The molecule has 0 radical (unpaired) electrons. The van der Waals surface area contributed by atoms with E-state index in [4.69, 9.17) is 23.6 Å². The molecule has 0 aliphatic heterocycles. The lowest BCUT2D eigenvalue weighted by Gasteiger charge is -2.20. The first-order valence-corrected chi connectivity index (χ1v) is 26.0. The van der Waals surface area contributed by atoms with Gasteiger partial charge in [-0.15, -0.1) is 0 Å². The van der Waals surface area contributed by atoms with E-state index < -0.39 is 51.8 Å². The monoisotopic (exact) mass is 905 g/mol. The molecule has 11 heteroatoms. The minimum absolute atomic E-state index is 0.0554. The Balaban J connectivity index is 4.32. The van der Waals surface area contributed by atoms with Crippen molar-refractivity contribution in [3.63, 3.8) is 0 Å². The van der Waals surface area contributed by atoms with Crippen LogP contribution in [0.15, 0.2) is 85.1 Å². The first kappa shape index (κ1) is 60.2. The molecule has 0 rings (SSSR count). The first-order valence-electron chi connectivity index (χ1n) is 24.5. The zero-order chi connectivity index (χ0) is 46.2. The molecule has 0 amide bonds. The Kier molecular flexibility index (Phi) is 45.0. The summed E-state index contributed by atoms with van der Waals surface area (Å²) in [6.07, 6.45) is 57.1. The maximum absolute atomic E-state index is 12.6. The van der Waals surface area contributed by atoms with Crippen LogP contribution in [0.2, 0.25) is 0 Å². The van der Waals surface area contributed by atoms with Crippen molar-refractivity contribution in [2.24, 2.45) is 0 Å². The number of phosphoric ester groups is 1. The fraction of sp³-hybridized carbons (Fsp3) is 0.692. The highest BCUT2D eigenvalue weighted by atomic mass is 31.2. The summed E-state index contributed by atoms with van der Waals surface area (Å²) in [4.78, 5) is 35.1. The summed E-state index contributed by atoms with van der Waals surface area (Å²) in [6, 6.07) is 0. The highest BCUT2D eigenvalue weighted by Gasteiger charge is 2.27. The molecular weight excluding hydrogens is 816 g/mol. The van der Waals surface area contributed by atoms with Gasteiger partial charge < -0.3 is 24.6 Å². The number of phosphoric acid groups is 1. The van der Waals surface area contributed by atoms with Crippen LogP contribution in [-0.4, -0.2) is 65.7 Å². The SMILES string of the molecule is CC/C=C/C/C=C/C/C=C/C/C=C/C/C=C/C/C=C/CCC(=O)O[C@H](COC(=O)CCCCCCCCCCCCC/C=C/CCCCCCCC)COP(=O)(O)OC[C@@H](O)CO. The molecule has 63 heavy (non-hydrogen) atoms. The van der Waals surface area contributed by atoms with E-state index >= 15 is 0 Å². The number of hydrogen-bond donors (Lipinski definition) is 3. The van der Waals surface area contributed by atoms with Crippen molar-refractivity contribution in [1.82, 2.24) is 0 Å². The van der Waals surface area contributed by atoms with Gasteiger partial charge in [-0.05, 0) is 77.0 Å². The van der Waals surface area contributed by atoms with Gasteiger partial charge in [-0.3, -0.25) is 18.6 Å². The van der Waals surface area contributed by atoms with Crippen LogP contribution in [0.25, 0.3) is 0 Å². The molecular formula is C52H89O10P. The van der Waals surface area contributed by atoms with Crippen LogP contribution >= 0.6 is 7.82 Å². The number of aliphatic hydroxyl groups is 2. The van der Waals surface area contributed by atoms with Crippen LogP contribution in [0.5, 0.6) is 0 Å². The topological polar surface area (TPSA) is 149 Å². The highest BCUT2D eigenvalue weighted by Crippen LogP contribution is 2.43. The van der Waals surface area contributed by atoms with Gasteiger partial charge in [0.05, 0.1) is 19.8 Å². The number of aliphatic hydroxyl groups excluding tert-OH is 2. The highest BCUT2D eigenvalue weighted by molar-refractivity contribution is 7.47. The van der Waals surface area contributed by atoms with E-state index in [2.05, 4.69) is 86.8 Å². The number of rotatable bonds is 45. The standard InChI is InChI=1S/C52H89O10P/c1-3-5-7-9-11-13-15-17-19-21-23-24-26-27-29-31-33-35-37-39-41-43-51(55)59-47-50(48-61-63(57,58)60-46-49(54)45-53)62-52(56)44-42-40-38-36-34-32-30-28-25-22-20-18-16-14-12-10-8-6-4-2/h6,8,12,14,17-20,25,28,32,34,38,40,49-50,53-54H,3-5,7,9-11,13,15-16,21-24,26-27,29-31,33,35-37,39,41-48H2,1-2H3,(H,57,58)/b8-6+,14-12+,19-17+,20-18+,28-25+,34-32+,40-38+/t49-,50+/m0/s1. The molecule has 0 fully saturated rings. The molecule has 3 atom stereocenters. The van der Waals surface area contributed by atoms with Crippen molar-refractivity contribution in [2.45, 2.75) is 206 Å². The van der Waals surface area contributed by atoms with Crippen LogP contribution in [0.4, 0.5) is 0 Å². The number of carbonyl (C=O) groups is 2. The zero-order valence-corrected chi connectivity index (χ0v) is 40.4. The van der Waals surface area contributed by atoms with Gasteiger partial charge in [0, 0.05) is 12.8 Å². The Morgan fingerprint density at radius 2 is 0.905 bits per heavy atom. The van der Waals surface area contributed by atoms with Crippen LogP contribution in [-0.2, 0) is 32.7 Å². The average Bonchev–Trinajstić information content (AvgIpc) is 3.27. The quantitative estimate of drug-likeness (QED) is 0.0233. The largest absolute Gasteiger partial charge is 0.472 e. The molecule has 0 bridgehead atoms. The molecule has 0 heterocycles. The van der Waals surface area contributed by atoms with Crippen molar-refractivity contribution in [2.75, 3.05) is 26.4 Å². The van der Waals surface area contributed by atoms with Crippen LogP contribution in [0, 0.1) is 0 Å². The molecule has 0 aromatic carbocycles. The Hall–Kier alpha value is -2.85. The van der Waals surface area contributed by atoms with Crippen molar-refractivity contribution < 1.29 is 47.8 Å². The number of allylic oxidation sites excluding steroid dienone is 14. The normalized spacial score (nSPS) is 14.4. The lowest BCUT2D eigenvalue weighted by molar-refractivity contribution is -0.161. The van der Waals surface area contributed by atoms with Crippen molar-refractivity contribution in [3.8, 4) is 0 Å². The van der Waals surface area contributed by atoms with Crippen LogP contribution in [0.3, 0.4) is 0 Å². The van der Waals surface area contributed by atoms with Gasteiger partial charge in [-0.2, -0.15) is 0 Å². The molecule has 362 valence electrons. The molecule has 10 nitrogen and oxygen atoms in total. The first-order chi connectivity index (χ1) is 30.7. The zero-order valence-electron chi connectivity index (χ0n) is 39.5. The lowest BCUT2D eigenvalue weighted by Crippen LogP contribution is -2.29. The maximum Gasteiger partial charge on any atom is 0.472 e. The summed E-state index contributed by atoms with van der Waals surface area (Å²) in [5, 5.41) is 18.4. The fourth-order valence-electron chi connectivity index (χ4n) is 6.31. The number of hydrogen-bond acceptors (Lipinski definition) is 9. The Bertz CT molecular complexity index is 1320. The van der Waals surface area contributed by atoms with E-state index in [-0.39, 0.29) is 19.4 Å². The molecule has 0 aliphatic carbocycles. The van der Waals surface area contributed by atoms with E-state index in [0.29, 0.717) is 12.8 Å². The van der Waals surface area contributed by atoms with Crippen molar-refractivity contribution in [1.29, 1.82) is 0 Å². The number of esters is 2. The summed E-state index contributed by atoms with van der Waals surface area (Å²) >= 11 is 0. The number of unbranched alkanes of at least 4 members (excludes halogenated alkanes) is 17. The fourth-order valence-corrected chi connectivity index (χ4v) is 7.10. The summed E-state index contributed by atoms with van der Waals surface area (Å²) in [5.74, 6) is -1.03. The molecule has 0 aliphatic rings. The third-order valence-corrected chi connectivity index (χ3v) is 11.0. The van der Waals surface area contributed by atoms with Crippen molar-refractivity contribution in [3.05, 3.63) is 85.1 Å². The molecule has 0 spiro atoms. The summed E-state index contributed by atoms with van der Waals surface area (Å²) in [5.41, 5.74) is 0. The smallest absolute Gasteiger partial charge is 0.462 e. The second-order valence-corrected chi connectivity index (χ2v) is 17.6. The number of carbonyl (C=O) groups excluding carboxylic acids is 2. The van der Waals surface area contributed by atoms with E-state index in [0.717, 1.165) is 57.8 Å². The molecule has 0 saturated heterocycles. The minimum Gasteiger partial charge on any atom is -0.462 e. The molecule has 0 saturated carbocycles. The Morgan fingerprint density at radius 1 is 0.492 bits per heavy atom. The van der Waals surface area contributed by atoms with E-state index in [1.165, 1.54) is 96.3 Å². The van der Waals surface area contributed by atoms with Crippen molar-refractivity contribution >= 4 is 19.8 Å². The minimum atomic E-state index is -4.65. The van der Waals surface area contributed by atoms with E-state index in [1.54, 1.807) is 0 Å². The third-order valence-electron chi connectivity index (χ3n) is 10.0. The summed E-state index contributed by atoms with van der Waals surface area (Å²) in [6.45, 7) is 2.18. The van der Waals surface area contributed by atoms with Gasteiger partial charge in [0.15, 0.2) is 6.10 Å². The number of ether oxygens (including phenoxy) is 2. The lowest BCUT2D eigenvalue weighted by atomic mass is 10.0. The van der Waals surface area contributed by atoms with Gasteiger partial charge >= 0.3 is 19.8 Å². The molecule has 0 aromatic rings. The molecule has 3 N–H and O–H groups in total. The predicted molar refractivity (Wildman–Crippen MR) is 260 cm³/mol.